The zero-order valence-corrected chi connectivity index (χ0v) is 10.1. The van der Waals surface area contributed by atoms with Crippen molar-refractivity contribution < 1.29 is 0 Å². The molecule has 1 heterocycles. The number of nitrogens with zero attached hydrogens (tertiary/aromatic N) is 1. The van der Waals surface area contributed by atoms with Crippen LogP contribution in [0.25, 0.3) is 0 Å². The van der Waals surface area contributed by atoms with E-state index >= 15 is 0 Å². The summed E-state index contributed by atoms with van der Waals surface area (Å²) in [6, 6.07) is 0. The maximum absolute atomic E-state index is 2.56. The Morgan fingerprint density at radius 1 is 1.23 bits per heavy atom. The fourth-order valence-electron chi connectivity index (χ4n) is 3.03. The minimum atomic E-state index is 0.425. The summed E-state index contributed by atoms with van der Waals surface area (Å²) in [5.74, 6) is 2.45. The predicted octanol–water partition coefficient (Wildman–Crippen LogP) is 3.01. The van der Waals surface area contributed by atoms with Gasteiger partial charge in [0.1, 0.15) is 0 Å². The van der Waals surface area contributed by atoms with Crippen LogP contribution < -0.4 is 0 Å². The van der Waals surface area contributed by atoms with Crippen molar-refractivity contribution in [2.24, 2.45) is 17.8 Å². The number of rotatable bonds is 2. The van der Waals surface area contributed by atoms with Gasteiger partial charge >= 0.3 is 0 Å². The van der Waals surface area contributed by atoms with Gasteiger partial charge in [-0.3, -0.25) is 0 Å². The third kappa shape index (κ3) is 1.63. The Labute approximate surface area is 83.5 Å². The highest BCUT2D eigenvalue weighted by atomic mass is 15.2. The molecule has 0 amide bonds. The number of hydrogen-bond acceptors (Lipinski definition) is 1. The summed E-state index contributed by atoms with van der Waals surface area (Å²) in [4.78, 5) is 2.56. The summed E-state index contributed by atoms with van der Waals surface area (Å²) in [7, 11) is 2.28. The Balaban J connectivity index is 2.88. The van der Waals surface area contributed by atoms with E-state index in [2.05, 4.69) is 46.6 Å². The highest BCUT2D eigenvalue weighted by Gasteiger charge is 2.46. The first-order chi connectivity index (χ1) is 5.90. The average Bonchev–Trinajstić information content (AvgIpc) is 2.30. The second-order valence-corrected chi connectivity index (χ2v) is 5.44. The Morgan fingerprint density at radius 2 is 1.77 bits per heavy atom. The van der Waals surface area contributed by atoms with Crippen molar-refractivity contribution in [1.29, 1.82) is 0 Å². The monoisotopic (exact) mass is 183 g/mol. The Morgan fingerprint density at radius 3 is 2.08 bits per heavy atom. The van der Waals surface area contributed by atoms with Gasteiger partial charge in [0, 0.05) is 5.54 Å². The molecule has 1 nitrogen and oxygen atoms in total. The molecule has 1 fully saturated rings. The highest BCUT2D eigenvalue weighted by molar-refractivity contribution is 5.00. The molecule has 0 aliphatic carbocycles. The van der Waals surface area contributed by atoms with Crippen LogP contribution >= 0.6 is 0 Å². The van der Waals surface area contributed by atoms with E-state index in [9.17, 15) is 0 Å². The van der Waals surface area contributed by atoms with Crippen molar-refractivity contribution in [1.82, 2.24) is 4.90 Å². The van der Waals surface area contributed by atoms with Crippen molar-refractivity contribution in [3.8, 4) is 0 Å². The maximum atomic E-state index is 2.56. The summed E-state index contributed by atoms with van der Waals surface area (Å²) >= 11 is 0. The molecule has 2 atom stereocenters. The van der Waals surface area contributed by atoms with Crippen molar-refractivity contribution in [2.75, 3.05) is 13.6 Å². The summed E-state index contributed by atoms with van der Waals surface area (Å²) < 4.78 is 0. The van der Waals surface area contributed by atoms with Gasteiger partial charge in [0.05, 0.1) is 0 Å². The SMILES string of the molecule is CC(C)C1CCN(C)C1(C)C(C)C. The molecule has 1 heteroatoms. The highest BCUT2D eigenvalue weighted by Crippen LogP contribution is 2.42. The summed E-state index contributed by atoms with van der Waals surface area (Å²) in [6.45, 7) is 13.2. The average molecular weight is 183 g/mol. The van der Waals surface area contributed by atoms with Crippen LogP contribution in [0.4, 0.5) is 0 Å². The van der Waals surface area contributed by atoms with Crippen LogP contribution in [0.2, 0.25) is 0 Å². The zero-order chi connectivity index (χ0) is 10.2. The molecule has 0 bridgehead atoms. The largest absolute Gasteiger partial charge is 0.300 e. The third-order valence-electron chi connectivity index (χ3n) is 4.32. The van der Waals surface area contributed by atoms with Gasteiger partial charge < -0.3 is 4.90 Å². The van der Waals surface area contributed by atoms with Gasteiger partial charge in [-0.1, -0.05) is 27.7 Å². The first kappa shape index (κ1) is 11.0. The molecule has 1 rings (SSSR count). The molecule has 0 aromatic rings. The smallest absolute Gasteiger partial charge is 0.0232 e. The topological polar surface area (TPSA) is 3.24 Å². The van der Waals surface area contributed by atoms with Crippen LogP contribution in [0.1, 0.15) is 41.0 Å². The molecule has 1 aliphatic heterocycles. The first-order valence-corrected chi connectivity index (χ1v) is 5.62. The van der Waals surface area contributed by atoms with Crippen LogP contribution in [0.5, 0.6) is 0 Å². The summed E-state index contributed by atoms with van der Waals surface area (Å²) in [5.41, 5.74) is 0.425. The fourth-order valence-corrected chi connectivity index (χ4v) is 3.03. The standard InChI is InChI=1S/C12H25N/c1-9(2)11-7-8-13(6)12(11,5)10(3)4/h9-11H,7-8H2,1-6H3. The number of hydrogen-bond donors (Lipinski definition) is 0. The van der Waals surface area contributed by atoms with Crippen LogP contribution in [0.3, 0.4) is 0 Å². The van der Waals surface area contributed by atoms with Crippen molar-refractivity contribution in [3.63, 3.8) is 0 Å². The maximum Gasteiger partial charge on any atom is 0.0232 e. The first-order valence-electron chi connectivity index (χ1n) is 5.62. The lowest BCUT2D eigenvalue weighted by atomic mass is 9.72. The van der Waals surface area contributed by atoms with E-state index < -0.39 is 0 Å². The second kappa shape index (κ2) is 3.61. The predicted molar refractivity (Wildman–Crippen MR) is 58.8 cm³/mol. The van der Waals surface area contributed by atoms with Crippen molar-refractivity contribution >= 4 is 0 Å². The van der Waals surface area contributed by atoms with Crippen LogP contribution in [0, 0.1) is 17.8 Å². The molecule has 1 saturated heterocycles. The fraction of sp³-hybridized carbons (Fsp3) is 1.00. The Kier molecular flexibility index (Phi) is 3.06. The minimum Gasteiger partial charge on any atom is -0.300 e. The molecule has 0 aromatic heterocycles. The van der Waals surface area contributed by atoms with E-state index in [0.717, 1.165) is 17.8 Å². The molecular weight excluding hydrogens is 158 g/mol. The van der Waals surface area contributed by atoms with Gasteiger partial charge in [0.25, 0.3) is 0 Å². The zero-order valence-electron chi connectivity index (χ0n) is 10.1. The Bertz CT molecular complexity index is 174. The van der Waals surface area contributed by atoms with Gasteiger partial charge in [-0.25, -0.2) is 0 Å². The van der Waals surface area contributed by atoms with Crippen molar-refractivity contribution in [3.05, 3.63) is 0 Å². The van der Waals surface area contributed by atoms with Crippen LogP contribution in [0.15, 0.2) is 0 Å². The summed E-state index contributed by atoms with van der Waals surface area (Å²) in [5, 5.41) is 0. The molecule has 0 aromatic carbocycles. The van der Waals surface area contributed by atoms with Crippen molar-refractivity contribution in [2.45, 2.75) is 46.6 Å². The Hall–Kier alpha value is -0.0400. The molecule has 1 aliphatic rings. The second-order valence-electron chi connectivity index (χ2n) is 5.44. The number of likely N-dealkylation sites (tertiary alicyclic amines) is 1. The third-order valence-corrected chi connectivity index (χ3v) is 4.32. The van der Waals surface area contributed by atoms with Gasteiger partial charge in [-0.15, -0.1) is 0 Å². The lowest BCUT2D eigenvalue weighted by Crippen LogP contribution is -2.48. The van der Waals surface area contributed by atoms with Gasteiger partial charge in [0.15, 0.2) is 0 Å². The van der Waals surface area contributed by atoms with Gasteiger partial charge in [0.2, 0.25) is 0 Å². The normalized spacial score (nSPS) is 36.5. The molecule has 2 unspecified atom stereocenters. The molecule has 0 N–H and O–H groups in total. The van der Waals surface area contributed by atoms with Gasteiger partial charge in [-0.2, -0.15) is 0 Å². The molecule has 0 saturated carbocycles. The lowest BCUT2D eigenvalue weighted by Gasteiger charge is -2.43. The van der Waals surface area contributed by atoms with E-state index in [4.69, 9.17) is 0 Å². The van der Waals surface area contributed by atoms with E-state index in [1.54, 1.807) is 0 Å². The van der Waals surface area contributed by atoms with E-state index in [1.807, 2.05) is 0 Å². The molecule has 13 heavy (non-hydrogen) atoms. The van der Waals surface area contributed by atoms with E-state index in [1.165, 1.54) is 13.0 Å². The molecular formula is C12H25N. The quantitative estimate of drug-likeness (QED) is 0.636. The van der Waals surface area contributed by atoms with Crippen LogP contribution in [-0.2, 0) is 0 Å². The molecule has 0 radical (unpaired) electrons. The van der Waals surface area contributed by atoms with Gasteiger partial charge in [-0.05, 0) is 44.7 Å². The molecule has 0 spiro atoms. The lowest BCUT2D eigenvalue weighted by molar-refractivity contribution is 0.0727. The van der Waals surface area contributed by atoms with E-state index in [-0.39, 0.29) is 0 Å². The summed E-state index contributed by atoms with van der Waals surface area (Å²) in [6.07, 6.45) is 1.38. The van der Waals surface area contributed by atoms with Crippen LogP contribution in [-0.4, -0.2) is 24.0 Å². The minimum absolute atomic E-state index is 0.425. The van der Waals surface area contributed by atoms with E-state index in [0.29, 0.717) is 5.54 Å². The molecule has 78 valence electrons.